The van der Waals surface area contributed by atoms with Crippen molar-refractivity contribution in [2.24, 2.45) is 5.73 Å². The van der Waals surface area contributed by atoms with Crippen molar-refractivity contribution in [3.05, 3.63) is 94.9 Å². The van der Waals surface area contributed by atoms with E-state index < -0.39 is 11.9 Å². The van der Waals surface area contributed by atoms with Crippen molar-refractivity contribution in [2.75, 3.05) is 13.7 Å². The summed E-state index contributed by atoms with van der Waals surface area (Å²) in [5.74, 6) is 0.746. The molecule has 3 aromatic carbocycles. The van der Waals surface area contributed by atoms with Gasteiger partial charge in [-0.25, -0.2) is 4.79 Å². The third-order valence-electron chi connectivity index (χ3n) is 5.96. The van der Waals surface area contributed by atoms with Gasteiger partial charge in [0.25, 0.3) is 0 Å². The third kappa shape index (κ3) is 5.13. The summed E-state index contributed by atoms with van der Waals surface area (Å²) in [7, 11) is 1.49. The number of allylic oxidation sites excluding steroid dienone is 1. The number of hydrogen-bond acceptors (Lipinski definition) is 7. The Hall–Kier alpha value is -4.44. The number of nitrogens with two attached hydrogens (primary N) is 1. The number of methoxy groups -OCH3 is 1. The molecule has 0 spiro atoms. The van der Waals surface area contributed by atoms with Crippen LogP contribution >= 0.6 is 0 Å². The molecule has 1 aliphatic heterocycles. The number of esters is 1. The average Bonchev–Trinajstić information content (AvgIpc) is 2.90. The number of nitrogens with zero attached hydrogens (tertiary/aromatic N) is 1. The fourth-order valence-corrected chi connectivity index (χ4v) is 4.18. The van der Waals surface area contributed by atoms with Gasteiger partial charge in [-0.1, -0.05) is 56.2 Å². The Morgan fingerprint density at radius 2 is 1.78 bits per heavy atom. The van der Waals surface area contributed by atoms with Crippen molar-refractivity contribution in [3.8, 4) is 29.1 Å². The Labute approximate surface area is 210 Å². The van der Waals surface area contributed by atoms with Gasteiger partial charge in [-0.15, -0.1) is 0 Å². The quantitative estimate of drug-likeness (QED) is 0.236. The summed E-state index contributed by atoms with van der Waals surface area (Å²) in [6.45, 7) is 2.72. The van der Waals surface area contributed by atoms with E-state index in [0.717, 1.165) is 30.4 Å². The number of ether oxygens (including phenoxy) is 4. The second-order valence-corrected chi connectivity index (χ2v) is 8.31. The van der Waals surface area contributed by atoms with Gasteiger partial charge in [0.2, 0.25) is 5.88 Å². The summed E-state index contributed by atoms with van der Waals surface area (Å²) in [5.41, 5.74) is 8.31. The molecule has 7 nitrogen and oxygen atoms in total. The van der Waals surface area contributed by atoms with Gasteiger partial charge in [-0.3, -0.25) is 0 Å². The van der Waals surface area contributed by atoms with Crippen molar-refractivity contribution in [1.29, 1.82) is 5.26 Å². The molecule has 36 heavy (non-hydrogen) atoms. The Balaban J connectivity index is 1.67. The molecule has 1 aliphatic rings. The number of hydrogen-bond donors (Lipinski definition) is 1. The Bertz CT molecular complexity index is 1330. The van der Waals surface area contributed by atoms with Crippen LogP contribution in [0.15, 0.2) is 78.2 Å². The van der Waals surface area contributed by atoms with E-state index >= 15 is 0 Å². The zero-order valence-corrected chi connectivity index (χ0v) is 20.3. The van der Waals surface area contributed by atoms with E-state index in [9.17, 15) is 10.1 Å². The molecule has 1 heterocycles. The summed E-state index contributed by atoms with van der Waals surface area (Å²) in [4.78, 5) is 12.8. The van der Waals surface area contributed by atoms with Gasteiger partial charge in [-0.2, -0.15) is 5.26 Å². The van der Waals surface area contributed by atoms with Gasteiger partial charge in [0.15, 0.2) is 0 Å². The number of para-hydroxylation sites is 2. The first kappa shape index (κ1) is 24.7. The Kier molecular flexibility index (Phi) is 7.76. The van der Waals surface area contributed by atoms with Crippen molar-refractivity contribution in [3.63, 3.8) is 0 Å². The zero-order chi connectivity index (χ0) is 25.5. The minimum Gasteiger partial charge on any atom is -0.496 e. The fourth-order valence-electron chi connectivity index (χ4n) is 4.18. The number of nitriles is 1. The molecule has 0 aromatic heterocycles. The van der Waals surface area contributed by atoms with Crippen LogP contribution in [-0.2, 0) is 0 Å². The van der Waals surface area contributed by atoms with Gasteiger partial charge in [0.05, 0.1) is 19.6 Å². The minimum atomic E-state index is -0.563. The van der Waals surface area contributed by atoms with Crippen LogP contribution < -0.4 is 24.7 Å². The summed E-state index contributed by atoms with van der Waals surface area (Å²) in [5, 5.41) is 9.91. The second kappa shape index (κ2) is 11.3. The molecule has 184 valence electrons. The monoisotopic (exact) mass is 484 g/mol. The molecule has 0 saturated heterocycles. The van der Waals surface area contributed by atoms with E-state index in [1.54, 1.807) is 42.5 Å². The van der Waals surface area contributed by atoms with E-state index in [1.807, 2.05) is 24.3 Å². The van der Waals surface area contributed by atoms with E-state index in [-0.39, 0.29) is 11.6 Å². The first-order valence-corrected chi connectivity index (χ1v) is 11.9. The lowest BCUT2D eigenvalue weighted by atomic mass is 9.83. The summed E-state index contributed by atoms with van der Waals surface area (Å²) in [6.07, 6.45) is 3.12. The number of benzene rings is 3. The first-order chi connectivity index (χ1) is 17.6. The van der Waals surface area contributed by atoms with Crippen LogP contribution in [0.25, 0.3) is 0 Å². The molecule has 4 rings (SSSR count). The third-order valence-corrected chi connectivity index (χ3v) is 5.96. The van der Waals surface area contributed by atoms with Crippen molar-refractivity contribution >= 4 is 5.97 Å². The zero-order valence-electron chi connectivity index (χ0n) is 20.3. The smallest absolute Gasteiger partial charge is 0.347 e. The van der Waals surface area contributed by atoms with E-state index in [2.05, 4.69) is 13.0 Å². The van der Waals surface area contributed by atoms with Crippen LogP contribution in [0.3, 0.4) is 0 Å². The van der Waals surface area contributed by atoms with Gasteiger partial charge in [-0.05, 0) is 30.7 Å². The second-order valence-electron chi connectivity index (χ2n) is 8.31. The Morgan fingerprint density at radius 1 is 1.03 bits per heavy atom. The molecule has 2 N–H and O–H groups in total. The van der Waals surface area contributed by atoms with Crippen LogP contribution in [0.2, 0.25) is 0 Å². The van der Waals surface area contributed by atoms with Crippen molar-refractivity contribution in [2.45, 2.75) is 32.1 Å². The SMILES string of the molecule is CCCCCOc1ccccc1C1C(C#N)=C(N)Oc2cc(OC(=O)c3ccccc3OC)ccc21. The topological polar surface area (TPSA) is 104 Å². The molecule has 0 bridgehead atoms. The number of fused-ring (bicyclic) bond motifs is 1. The van der Waals surface area contributed by atoms with Crippen LogP contribution in [-0.4, -0.2) is 19.7 Å². The van der Waals surface area contributed by atoms with Crippen molar-refractivity contribution in [1.82, 2.24) is 0 Å². The van der Waals surface area contributed by atoms with Gasteiger partial charge >= 0.3 is 5.97 Å². The summed E-state index contributed by atoms with van der Waals surface area (Å²) in [6, 6.07) is 21.7. The van der Waals surface area contributed by atoms with Crippen LogP contribution in [0.1, 0.15) is 53.6 Å². The maximum Gasteiger partial charge on any atom is 0.347 e. The Morgan fingerprint density at radius 3 is 2.53 bits per heavy atom. The highest BCUT2D eigenvalue weighted by Crippen LogP contribution is 2.46. The normalized spacial score (nSPS) is 14.3. The summed E-state index contributed by atoms with van der Waals surface area (Å²) < 4.78 is 22.7. The average molecular weight is 485 g/mol. The molecule has 0 fully saturated rings. The fraction of sp³-hybridized carbons (Fsp3) is 0.241. The van der Waals surface area contributed by atoms with Gasteiger partial charge in [0.1, 0.15) is 40.2 Å². The van der Waals surface area contributed by atoms with Crippen LogP contribution in [0.5, 0.6) is 23.0 Å². The maximum absolute atomic E-state index is 12.8. The molecule has 1 atom stereocenters. The first-order valence-electron chi connectivity index (χ1n) is 11.9. The van der Waals surface area contributed by atoms with E-state index in [4.69, 9.17) is 24.7 Å². The molecular weight excluding hydrogens is 456 g/mol. The largest absolute Gasteiger partial charge is 0.496 e. The predicted octanol–water partition coefficient (Wildman–Crippen LogP) is 5.70. The lowest BCUT2D eigenvalue weighted by Crippen LogP contribution is -2.21. The van der Waals surface area contributed by atoms with Gasteiger partial charge in [0, 0.05) is 17.2 Å². The highest BCUT2D eigenvalue weighted by Gasteiger charge is 2.33. The lowest BCUT2D eigenvalue weighted by Gasteiger charge is -2.28. The minimum absolute atomic E-state index is 0.00370. The van der Waals surface area contributed by atoms with Gasteiger partial charge < -0.3 is 24.7 Å². The summed E-state index contributed by atoms with van der Waals surface area (Å²) >= 11 is 0. The van der Waals surface area contributed by atoms with Crippen LogP contribution in [0, 0.1) is 11.3 Å². The number of unbranched alkanes of at least 4 members (excludes halogenated alkanes) is 2. The molecule has 1 unspecified atom stereocenters. The van der Waals surface area contributed by atoms with E-state index in [1.165, 1.54) is 7.11 Å². The molecular formula is C29H28N2O5. The standard InChI is InChI=1S/C29H28N2O5/c1-3-4-9-16-34-25-13-8-5-10-20(25)27-21-15-14-19(17-26(21)36-28(31)23(27)18-30)35-29(32)22-11-6-7-12-24(22)33-2/h5-8,10-15,17,27H,3-4,9,16,31H2,1-2H3. The lowest BCUT2D eigenvalue weighted by molar-refractivity contribution is 0.0731. The maximum atomic E-state index is 12.8. The highest BCUT2D eigenvalue weighted by molar-refractivity contribution is 5.94. The molecule has 0 aliphatic carbocycles. The molecule has 7 heteroatoms. The van der Waals surface area contributed by atoms with Crippen LogP contribution in [0.4, 0.5) is 0 Å². The number of carbonyl (C=O) groups is 1. The predicted molar refractivity (Wildman–Crippen MR) is 135 cm³/mol. The number of rotatable bonds is 9. The number of carbonyl (C=O) groups excluding carboxylic acids is 1. The molecule has 0 amide bonds. The molecule has 0 saturated carbocycles. The highest BCUT2D eigenvalue weighted by atomic mass is 16.5. The molecule has 0 radical (unpaired) electrons. The van der Waals surface area contributed by atoms with E-state index in [0.29, 0.717) is 35.0 Å². The molecule has 3 aromatic rings. The van der Waals surface area contributed by atoms with Crippen molar-refractivity contribution < 1.29 is 23.7 Å².